The van der Waals surface area contributed by atoms with E-state index in [0.29, 0.717) is 23.4 Å². The summed E-state index contributed by atoms with van der Waals surface area (Å²) in [5.74, 6) is -1.17. The highest BCUT2D eigenvalue weighted by Crippen LogP contribution is 2.43. The summed E-state index contributed by atoms with van der Waals surface area (Å²) in [6.07, 6.45) is -6.47. The monoisotopic (exact) mass is 470 g/mol. The van der Waals surface area contributed by atoms with Crippen molar-refractivity contribution in [1.82, 2.24) is 4.98 Å². The van der Waals surface area contributed by atoms with Gasteiger partial charge in [0.2, 0.25) is 5.91 Å². The first-order chi connectivity index (χ1) is 15.5. The number of halogens is 6. The van der Waals surface area contributed by atoms with E-state index >= 15 is 0 Å². The molecular weight excluding hydrogens is 454 g/mol. The van der Waals surface area contributed by atoms with Gasteiger partial charge in [-0.25, -0.2) is 0 Å². The molecule has 33 heavy (non-hydrogen) atoms. The second kappa shape index (κ2) is 8.05. The quantitative estimate of drug-likeness (QED) is 0.438. The van der Waals surface area contributed by atoms with Crippen LogP contribution in [0.3, 0.4) is 0 Å². The Labute approximate surface area is 183 Å². The van der Waals surface area contributed by atoms with Gasteiger partial charge in [-0.3, -0.25) is 4.79 Å². The van der Waals surface area contributed by atoms with Gasteiger partial charge in [0.05, 0.1) is 23.9 Å². The van der Waals surface area contributed by atoms with Crippen molar-refractivity contribution in [2.24, 2.45) is 0 Å². The summed E-state index contributed by atoms with van der Waals surface area (Å²) in [5.41, 5.74) is -0.862. The highest BCUT2D eigenvalue weighted by atomic mass is 19.4. The van der Waals surface area contributed by atoms with E-state index in [1.165, 1.54) is 19.2 Å². The fraction of sp³-hybridized carbons (Fsp3) is 0.227. The summed E-state index contributed by atoms with van der Waals surface area (Å²) in [6.45, 7) is 0. The molecule has 5 nitrogen and oxygen atoms in total. The van der Waals surface area contributed by atoms with E-state index in [4.69, 9.17) is 9.47 Å². The lowest BCUT2D eigenvalue weighted by Crippen LogP contribution is -2.22. The second-order valence-corrected chi connectivity index (χ2v) is 7.38. The number of H-pyrrole nitrogens is 1. The van der Waals surface area contributed by atoms with Crippen molar-refractivity contribution in [1.29, 1.82) is 0 Å². The Morgan fingerprint density at radius 2 is 1.58 bits per heavy atom. The molecule has 11 heteroatoms. The number of methoxy groups -OCH3 is 1. The second-order valence-electron chi connectivity index (χ2n) is 7.38. The van der Waals surface area contributed by atoms with Crippen molar-refractivity contribution in [2.75, 3.05) is 12.4 Å². The minimum atomic E-state index is -5.00. The maximum atomic E-state index is 13.1. The van der Waals surface area contributed by atoms with E-state index in [1.807, 2.05) is 0 Å². The zero-order chi connectivity index (χ0) is 24.0. The van der Waals surface area contributed by atoms with Gasteiger partial charge in [0.1, 0.15) is 5.75 Å². The van der Waals surface area contributed by atoms with Crippen LogP contribution in [0.4, 0.5) is 32.0 Å². The summed E-state index contributed by atoms with van der Waals surface area (Å²) in [6, 6.07) is 5.49. The number of aromatic nitrogens is 1. The molecule has 4 rings (SSSR count). The summed E-state index contributed by atoms with van der Waals surface area (Å²) in [7, 11) is 1.29. The molecule has 1 aliphatic rings. The molecule has 2 aromatic carbocycles. The number of benzene rings is 2. The third-order valence-corrected chi connectivity index (χ3v) is 5.20. The number of hydrogen-bond acceptors (Lipinski definition) is 3. The minimum Gasteiger partial charge on any atom is -0.493 e. The molecule has 1 unspecified atom stereocenters. The van der Waals surface area contributed by atoms with Crippen LogP contribution in [-0.4, -0.2) is 18.0 Å². The Morgan fingerprint density at radius 3 is 2.18 bits per heavy atom. The summed E-state index contributed by atoms with van der Waals surface area (Å²) >= 11 is 0. The van der Waals surface area contributed by atoms with E-state index in [-0.39, 0.29) is 35.8 Å². The topological polar surface area (TPSA) is 63.3 Å². The molecule has 3 aromatic rings. The number of alkyl halides is 6. The molecule has 1 atom stereocenters. The van der Waals surface area contributed by atoms with Gasteiger partial charge in [0, 0.05) is 30.3 Å². The molecule has 1 aromatic heterocycles. The molecule has 2 N–H and O–H groups in total. The van der Waals surface area contributed by atoms with Crippen LogP contribution in [0.5, 0.6) is 17.2 Å². The first kappa shape index (κ1) is 22.6. The lowest BCUT2D eigenvalue weighted by molar-refractivity contribution is -0.143. The Kier molecular flexibility index (Phi) is 5.51. The van der Waals surface area contributed by atoms with Gasteiger partial charge in [-0.05, 0) is 35.9 Å². The lowest BCUT2D eigenvalue weighted by Gasteiger charge is -2.24. The lowest BCUT2D eigenvalue weighted by atomic mass is 9.86. The van der Waals surface area contributed by atoms with E-state index in [2.05, 4.69) is 10.3 Å². The number of rotatable bonds is 4. The van der Waals surface area contributed by atoms with Crippen LogP contribution in [0, 0.1) is 0 Å². The van der Waals surface area contributed by atoms with Crippen molar-refractivity contribution >= 4 is 11.6 Å². The molecule has 0 bridgehead atoms. The Morgan fingerprint density at radius 1 is 0.909 bits per heavy atom. The van der Waals surface area contributed by atoms with E-state index in [1.54, 1.807) is 18.5 Å². The standard InChI is InChI=1S/C22H16F6N2O3/c1-32-19-4-11(15-8-20(31)30-17-10-29-9-16(15)17)2-3-18(19)33-14-6-12(21(23,24)25)5-13(7-14)22(26,27)28/h2-7,9-10,15,29H,8H2,1H3,(H,30,31). The summed E-state index contributed by atoms with van der Waals surface area (Å²) < 4.78 is 89.4. The largest absolute Gasteiger partial charge is 0.493 e. The highest BCUT2D eigenvalue weighted by molar-refractivity contribution is 5.95. The number of carbonyl (C=O) groups excluding carboxylic acids is 1. The smallest absolute Gasteiger partial charge is 0.416 e. The molecule has 0 aliphatic carbocycles. The number of ether oxygens (including phenoxy) is 2. The predicted molar refractivity (Wildman–Crippen MR) is 105 cm³/mol. The van der Waals surface area contributed by atoms with Crippen molar-refractivity contribution in [3.63, 3.8) is 0 Å². The number of carbonyl (C=O) groups is 1. The first-order valence-corrected chi connectivity index (χ1v) is 9.57. The van der Waals surface area contributed by atoms with Crippen LogP contribution in [0.2, 0.25) is 0 Å². The predicted octanol–water partition coefficient (Wildman–Crippen LogP) is 6.33. The Bertz CT molecular complexity index is 1170. The minimum absolute atomic E-state index is 0.0236. The van der Waals surface area contributed by atoms with Crippen molar-refractivity contribution in [3.05, 3.63) is 71.0 Å². The van der Waals surface area contributed by atoms with Gasteiger partial charge in [-0.2, -0.15) is 26.3 Å². The van der Waals surface area contributed by atoms with Crippen LogP contribution >= 0.6 is 0 Å². The number of hydrogen-bond donors (Lipinski definition) is 2. The fourth-order valence-electron chi connectivity index (χ4n) is 3.66. The first-order valence-electron chi connectivity index (χ1n) is 9.57. The highest BCUT2D eigenvalue weighted by Gasteiger charge is 2.37. The van der Waals surface area contributed by atoms with Gasteiger partial charge in [-0.15, -0.1) is 0 Å². The van der Waals surface area contributed by atoms with Crippen molar-refractivity contribution in [3.8, 4) is 17.2 Å². The number of anilines is 1. The van der Waals surface area contributed by atoms with Crippen LogP contribution in [-0.2, 0) is 17.1 Å². The zero-order valence-corrected chi connectivity index (χ0v) is 16.9. The molecule has 0 fully saturated rings. The molecule has 0 spiro atoms. The maximum Gasteiger partial charge on any atom is 0.416 e. The molecule has 0 saturated carbocycles. The third kappa shape index (κ3) is 4.62. The number of fused-ring (bicyclic) bond motifs is 1. The molecule has 1 amide bonds. The molecule has 0 radical (unpaired) electrons. The van der Waals surface area contributed by atoms with Gasteiger partial charge in [-0.1, -0.05) is 6.07 Å². The van der Waals surface area contributed by atoms with Gasteiger partial charge < -0.3 is 19.8 Å². The summed E-state index contributed by atoms with van der Waals surface area (Å²) in [4.78, 5) is 14.9. The van der Waals surface area contributed by atoms with E-state index < -0.39 is 29.2 Å². The van der Waals surface area contributed by atoms with Crippen LogP contribution in [0.1, 0.15) is 34.6 Å². The average Bonchev–Trinajstić information content (AvgIpc) is 3.20. The molecule has 2 heterocycles. The van der Waals surface area contributed by atoms with Crippen molar-refractivity contribution in [2.45, 2.75) is 24.7 Å². The molecule has 174 valence electrons. The van der Waals surface area contributed by atoms with Crippen LogP contribution in [0.25, 0.3) is 0 Å². The van der Waals surface area contributed by atoms with Gasteiger partial charge in [0.15, 0.2) is 11.5 Å². The van der Waals surface area contributed by atoms with Gasteiger partial charge >= 0.3 is 12.4 Å². The van der Waals surface area contributed by atoms with E-state index in [9.17, 15) is 31.1 Å². The van der Waals surface area contributed by atoms with E-state index in [0.717, 1.165) is 5.56 Å². The maximum absolute atomic E-state index is 13.1. The van der Waals surface area contributed by atoms with Crippen LogP contribution < -0.4 is 14.8 Å². The third-order valence-electron chi connectivity index (χ3n) is 5.20. The SMILES string of the molecule is COc1cc(C2CC(=O)Nc3c[nH]cc32)ccc1Oc1cc(C(F)(F)F)cc(C(F)(F)F)c1. The van der Waals surface area contributed by atoms with Crippen molar-refractivity contribution < 1.29 is 40.6 Å². The number of nitrogens with one attached hydrogen (secondary N) is 2. The van der Waals surface area contributed by atoms with Gasteiger partial charge in [0.25, 0.3) is 0 Å². The zero-order valence-electron chi connectivity index (χ0n) is 16.9. The average molecular weight is 470 g/mol. The summed E-state index contributed by atoms with van der Waals surface area (Å²) in [5, 5.41) is 2.74. The fourth-order valence-corrected chi connectivity index (χ4v) is 3.66. The number of aromatic amines is 1. The molecule has 0 saturated heterocycles. The Hall–Kier alpha value is -3.63. The normalized spacial score (nSPS) is 16.2. The number of amides is 1. The van der Waals surface area contributed by atoms with Crippen LogP contribution in [0.15, 0.2) is 48.8 Å². The Balaban J connectivity index is 1.70. The molecule has 1 aliphatic heterocycles. The molecular formula is C22H16F6N2O3.